The van der Waals surface area contributed by atoms with Gasteiger partial charge in [-0.1, -0.05) is 6.07 Å². The number of hydrogen-bond donors (Lipinski definition) is 1. The van der Waals surface area contributed by atoms with Crippen LogP contribution in [0.3, 0.4) is 0 Å². The number of aryl methyl sites for hydroxylation is 1. The van der Waals surface area contributed by atoms with Gasteiger partial charge in [0, 0.05) is 24.6 Å². The third-order valence-corrected chi connectivity index (χ3v) is 5.00. The van der Waals surface area contributed by atoms with Crippen LogP contribution in [0.1, 0.15) is 29.0 Å². The lowest BCUT2D eigenvalue weighted by Gasteiger charge is -2.27. The van der Waals surface area contributed by atoms with Gasteiger partial charge in [-0.3, -0.25) is 9.59 Å². The average Bonchev–Trinajstić information content (AvgIpc) is 3.21. The highest BCUT2D eigenvalue weighted by atomic mass is 19.1. The molecule has 1 aromatic heterocycles. The SMILES string of the molecule is Cc1ncc(C(=O)N2CCC3CC32C(=O)Nc2cccc(F)c2)cn1. The molecule has 0 bridgehead atoms. The summed E-state index contributed by atoms with van der Waals surface area (Å²) in [6.07, 6.45) is 4.39. The third-order valence-electron chi connectivity index (χ3n) is 5.00. The monoisotopic (exact) mass is 340 g/mol. The first kappa shape index (κ1) is 15.7. The number of carbonyl (C=O) groups excluding carboxylic acids is 2. The zero-order valence-corrected chi connectivity index (χ0v) is 13.7. The Hall–Kier alpha value is -2.83. The summed E-state index contributed by atoms with van der Waals surface area (Å²) in [4.78, 5) is 35.4. The smallest absolute Gasteiger partial charge is 0.257 e. The molecule has 2 amide bonds. The Kier molecular flexibility index (Phi) is 3.52. The van der Waals surface area contributed by atoms with Crippen LogP contribution in [0.15, 0.2) is 36.7 Å². The number of likely N-dealkylation sites (tertiary alicyclic amines) is 1. The van der Waals surface area contributed by atoms with Crippen molar-refractivity contribution in [3.8, 4) is 0 Å². The first-order chi connectivity index (χ1) is 12.0. The van der Waals surface area contributed by atoms with Gasteiger partial charge >= 0.3 is 0 Å². The van der Waals surface area contributed by atoms with Crippen LogP contribution in [0.2, 0.25) is 0 Å². The molecule has 4 rings (SSSR count). The summed E-state index contributed by atoms with van der Waals surface area (Å²) in [5.41, 5.74) is -0.0760. The van der Waals surface area contributed by atoms with Crippen molar-refractivity contribution in [3.05, 3.63) is 53.9 Å². The van der Waals surface area contributed by atoms with E-state index in [0.29, 0.717) is 30.0 Å². The van der Waals surface area contributed by atoms with Gasteiger partial charge in [0.25, 0.3) is 11.8 Å². The number of carbonyl (C=O) groups is 2. The minimum atomic E-state index is -0.839. The van der Waals surface area contributed by atoms with Crippen molar-refractivity contribution < 1.29 is 14.0 Å². The topological polar surface area (TPSA) is 75.2 Å². The molecule has 2 fully saturated rings. The maximum atomic E-state index is 13.3. The Labute approximate surface area is 144 Å². The zero-order valence-electron chi connectivity index (χ0n) is 13.7. The molecule has 128 valence electrons. The normalized spacial score (nSPS) is 23.9. The maximum absolute atomic E-state index is 13.3. The lowest BCUT2D eigenvalue weighted by Crippen LogP contribution is -2.48. The van der Waals surface area contributed by atoms with E-state index in [2.05, 4.69) is 15.3 Å². The molecule has 1 aromatic carbocycles. The van der Waals surface area contributed by atoms with E-state index < -0.39 is 11.4 Å². The molecule has 2 atom stereocenters. The van der Waals surface area contributed by atoms with Crippen molar-refractivity contribution in [2.24, 2.45) is 5.92 Å². The minimum absolute atomic E-state index is 0.149. The predicted octanol–water partition coefficient (Wildman–Crippen LogP) is 2.17. The highest BCUT2D eigenvalue weighted by molar-refractivity contribution is 6.06. The van der Waals surface area contributed by atoms with Crippen LogP contribution < -0.4 is 5.32 Å². The van der Waals surface area contributed by atoms with E-state index in [-0.39, 0.29) is 17.7 Å². The fourth-order valence-corrected chi connectivity index (χ4v) is 3.62. The maximum Gasteiger partial charge on any atom is 0.257 e. The highest BCUT2D eigenvalue weighted by Crippen LogP contribution is 2.56. The number of hydrogen-bond acceptors (Lipinski definition) is 4. The number of benzene rings is 1. The van der Waals surface area contributed by atoms with Gasteiger partial charge in [-0.15, -0.1) is 0 Å². The summed E-state index contributed by atoms with van der Waals surface area (Å²) in [5.74, 6) is -0.188. The number of rotatable bonds is 3. The molecule has 2 aromatic rings. The van der Waals surface area contributed by atoms with Crippen molar-refractivity contribution >= 4 is 17.5 Å². The van der Waals surface area contributed by atoms with Crippen molar-refractivity contribution in [2.75, 3.05) is 11.9 Å². The van der Waals surface area contributed by atoms with Crippen molar-refractivity contribution in [1.29, 1.82) is 0 Å². The molecule has 2 unspecified atom stereocenters. The number of anilines is 1. The molecular formula is C18H17FN4O2. The molecular weight excluding hydrogens is 323 g/mol. The fraction of sp³-hybridized carbons (Fsp3) is 0.333. The Morgan fingerprint density at radius 3 is 2.76 bits per heavy atom. The zero-order chi connectivity index (χ0) is 17.6. The molecule has 1 saturated carbocycles. The standard InChI is InChI=1S/C18H17FN4O2/c1-11-20-9-12(10-21-11)16(24)23-6-5-13-8-18(13,23)17(25)22-15-4-2-3-14(19)7-15/h2-4,7,9-10,13H,5-6,8H2,1H3,(H,22,25). The predicted molar refractivity (Wildman–Crippen MR) is 88.3 cm³/mol. The number of nitrogens with one attached hydrogen (secondary N) is 1. The lowest BCUT2D eigenvalue weighted by atomic mass is 10.1. The summed E-state index contributed by atoms with van der Waals surface area (Å²) < 4.78 is 13.3. The van der Waals surface area contributed by atoms with Gasteiger partial charge in [0.05, 0.1) is 5.56 Å². The summed E-state index contributed by atoms with van der Waals surface area (Å²) >= 11 is 0. The second-order valence-electron chi connectivity index (χ2n) is 6.55. The molecule has 2 aliphatic rings. The molecule has 1 N–H and O–H groups in total. The number of aromatic nitrogens is 2. The Balaban J connectivity index is 1.57. The summed E-state index contributed by atoms with van der Waals surface area (Å²) in [6.45, 7) is 2.27. The average molecular weight is 340 g/mol. The van der Waals surface area contributed by atoms with Gasteiger partial charge in [-0.25, -0.2) is 14.4 Å². The quantitative estimate of drug-likeness (QED) is 0.929. The van der Waals surface area contributed by atoms with Crippen LogP contribution in [0, 0.1) is 18.7 Å². The Bertz CT molecular complexity index is 854. The van der Waals surface area contributed by atoms with E-state index in [1.165, 1.54) is 30.6 Å². The van der Waals surface area contributed by atoms with Gasteiger partial charge in [-0.05, 0) is 43.9 Å². The molecule has 0 spiro atoms. The molecule has 1 aliphatic heterocycles. The largest absolute Gasteiger partial charge is 0.324 e. The lowest BCUT2D eigenvalue weighted by molar-refractivity contribution is -0.121. The number of nitrogens with zero attached hydrogens (tertiary/aromatic N) is 3. The second-order valence-corrected chi connectivity index (χ2v) is 6.55. The number of amides is 2. The van der Waals surface area contributed by atoms with Crippen molar-refractivity contribution in [3.63, 3.8) is 0 Å². The van der Waals surface area contributed by atoms with Gasteiger partial charge in [0.2, 0.25) is 0 Å². The van der Waals surface area contributed by atoms with Crippen LogP contribution in [-0.4, -0.2) is 38.8 Å². The van der Waals surface area contributed by atoms with Crippen LogP contribution in [0.4, 0.5) is 10.1 Å². The molecule has 7 heteroatoms. The van der Waals surface area contributed by atoms with E-state index in [9.17, 15) is 14.0 Å². The number of fused-ring (bicyclic) bond motifs is 1. The second kappa shape index (κ2) is 5.61. The number of halogens is 1. The Morgan fingerprint density at radius 1 is 1.32 bits per heavy atom. The molecule has 25 heavy (non-hydrogen) atoms. The molecule has 1 aliphatic carbocycles. The summed E-state index contributed by atoms with van der Waals surface area (Å²) in [5, 5.41) is 2.75. The molecule has 2 heterocycles. The van der Waals surface area contributed by atoms with E-state index in [1.807, 2.05) is 0 Å². The molecule has 0 radical (unpaired) electrons. The van der Waals surface area contributed by atoms with E-state index in [0.717, 1.165) is 6.42 Å². The number of piperidine rings is 1. The van der Waals surface area contributed by atoms with Crippen LogP contribution in [0.25, 0.3) is 0 Å². The summed E-state index contributed by atoms with van der Waals surface area (Å²) in [6, 6.07) is 5.75. The first-order valence-electron chi connectivity index (χ1n) is 8.18. The Morgan fingerprint density at radius 2 is 2.08 bits per heavy atom. The van der Waals surface area contributed by atoms with Gasteiger partial charge in [0.1, 0.15) is 17.2 Å². The van der Waals surface area contributed by atoms with Gasteiger partial charge in [0.15, 0.2) is 0 Å². The van der Waals surface area contributed by atoms with Crippen LogP contribution >= 0.6 is 0 Å². The van der Waals surface area contributed by atoms with E-state index >= 15 is 0 Å². The first-order valence-corrected chi connectivity index (χ1v) is 8.18. The molecule has 1 saturated heterocycles. The highest BCUT2D eigenvalue weighted by Gasteiger charge is 2.68. The molecule has 6 nitrogen and oxygen atoms in total. The van der Waals surface area contributed by atoms with E-state index in [4.69, 9.17) is 0 Å². The van der Waals surface area contributed by atoms with E-state index in [1.54, 1.807) is 17.9 Å². The third kappa shape index (κ3) is 2.56. The van der Waals surface area contributed by atoms with Gasteiger partial charge < -0.3 is 10.2 Å². The minimum Gasteiger partial charge on any atom is -0.324 e. The summed E-state index contributed by atoms with van der Waals surface area (Å²) in [7, 11) is 0. The van der Waals surface area contributed by atoms with Gasteiger partial charge in [-0.2, -0.15) is 0 Å². The van der Waals surface area contributed by atoms with Crippen LogP contribution in [0.5, 0.6) is 0 Å². The fourth-order valence-electron chi connectivity index (χ4n) is 3.62. The van der Waals surface area contributed by atoms with Crippen LogP contribution in [-0.2, 0) is 4.79 Å². The van der Waals surface area contributed by atoms with Crippen molar-refractivity contribution in [2.45, 2.75) is 25.3 Å². The van der Waals surface area contributed by atoms with Crippen molar-refractivity contribution in [1.82, 2.24) is 14.9 Å².